The quantitative estimate of drug-likeness (QED) is 0.711. The molecule has 3 rings (SSSR count). The number of amides is 1. The van der Waals surface area contributed by atoms with E-state index in [-0.39, 0.29) is 11.9 Å². The summed E-state index contributed by atoms with van der Waals surface area (Å²) in [6, 6.07) is 11.0. The molecule has 0 radical (unpaired) electrons. The predicted molar refractivity (Wildman–Crippen MR) is 93.8 cm³/mol. The van der Waals surface area contributed by atoms with Crippen LogP contribution in [0, 0.1) is 6.92 Å². The van der Waals surface area contributed by atoms with Gasteiger partial charge in [-0.1, -0.05) is 12.1 Å². The second-order valence-corrected chi connectivity index (χ2v) is 5.76. The van der Waals surface area contributed by atoms with Gasteiger partial charge in [-0.25, -0.2) is 0 Å². The molecule has 6 nitrogen and oxygen atoms in total. The average Bonchev–Trinajstić information content (AvgIpc) is 3.09. The zero-order valence-electron chi connectivity index (χ0n) is 14.5. The van der Waals surface area contributed by atoms with Gasteiger partial charge in [-0.2, -0.15) is 0 Å². The third-order valence-electron chi connectivity index (χ3n) is 4.12. The van der Waals surface area contributed by atoms with E-state index in [1.807, 2.05) is 43.0 Å². The maximum Gasteiger partial charge on any atom is 0.254 e. The molecule has 0 saturated carbocycles. The van der Waals surface area contributed by atoms with E-state index in [0.717, 1.165) is 11.1 Å². The Balaban J connectivity index is 1.88. The van der Waals surface area contributed by atoms with Crippen molar-refractivity contribution in [3.8, 4) is 11.5 Å². The van der Waals surface area contributed by atoms with Crippen molar-refractivity contribution < 1.29 is 9.21 Å². The molecule has 128 valence electrons. The molecule has 0 aliphatic heterocycles. The highest BCUT2D eigenvalue weighted by Crippen LogP contribution is 2.24. The van der Waals surface area contributed by atoms with Crippen LogP contribution in [0.4, 0.5) is 0 Å². The average molecular weight is 336 g/mol. The minimum Gasteiger partial charge on any atom is -0.421 e. The van der Waals surface area contributed by atoms with Gasteiger partial charge in [-0.05, 0) is 43.7 Å². The van der Waals surface area contributed by atoms with Crippen molar-refractivity contribution in [2.24, 2.45) is 0 Å². The molecule has 25 heavy (non-hydrogen) atoms. The molecular formula is C19H20N4O2. The number of hydrogen-bond acceptors (Lipinski definition) is 5. The van der Waals surface area contributed by atoms with E-state index in [2.05, 4.69) is 15.2 Å². The molecule has 0 spiro atoms. The van der Waals surface area contributed by atoms with Crippen molar-refractivity contribution in [3.63, 3.8) is 0 Å². The van der Waals surface area contributed by atoms with Crippen LogP contribution in [0.25, 0.3) is 11.5 Å². The first-order chi connectivity index (χ1) is 12.1. The zero-order valence-corrected chi connectivity index (χ0v) is 14.5. The molecule has 0 saturated heterocycles. The largest absolute Gasteiger partial charge is 0.421 e. The Morgan fingerprint density at radius 3 is 2.72 bits per heavy atom. The number of aromatic nitrogens is 3. The summed E-state index contributed by atoms with van der Waals surface area (Å²) in [5, 5.41) is 7.85. The van der Waals surface area contributed by atoms with Crippen LogP contribution in [0.1, 0.15) is 41.7 Å². The highest BCUT2D eigenvalue weighted by Gasteiger charge is 2.22. The maximum atomic E-state index is 13.0. The topological polar surface area (TPSA) is 72.1 Å². The summed E-state index contributed by atoms with van der Waals surface area (Å²) in [6.45, 7) is 6.30. The summed E-state index contributed by atoms with van der Waals surface area (Å²) in [5.74, 6) is 0.861. The molecule has 0 aliphatic carbocycles. The van der Waals surface area contributed by atoms with Gasteiger partial charge in [0, 0.05) is 37.0 Å². The van der Waals surface area contributed by atoms with E-state index in [1.54, 1.807) is 31.5 Å². The molecule has 0 aliphatic rings. The second-order valence-electron chi connectivity index (χ2n) is 5.76. The number of benzene rings is 1. The fourth-order valence-electron chi connectivity index (χ4n) is 2.76. The molecule has 0 bridgehead atoms. The van der Waals surface area contributed by atoms with Gasteiger partial charge in [0.2, 0.25) is 11.8 Å². The number of nitrogens with zero attached hydrogens (tertiary/aromatic N) is 4. The smallest absolute Gasteiger partial charge is 0.254 e. The van der Waals surface area contributed by atoms with E-state index >= 15 is 0 Å². The summed E-state index contributed by atoms with van der Waals surface area (Å²) in [4.78, 5) is 19.0. The van der Waals surface area contributed by atoms with Crippen LogP contribution in [-0.4, -0.2) is 32.5 Å². The fourth-order valence-corrected chi connectivity index (χ4v) is 2.76. The standard InChI is InChI=1S/C19H20N4O2/c1-4-23(13(2)17-9-6-10-20-12-17)19(24)16-8-5-7-15(11-16)18-22-21-14(3)25-18/h5-13H,4H2,1-3H3/t13-/m1/s1. The maximum absolute atomic E-state index is 13.0. The van der Waals surface area contributed by atoms with Gasteiger partial charge in [0.1, 0.15) is 0 Å². The lowest BCUT2D eigenvalue weighted by molar-refractivity contribution is 0.0702. The first-order valence-corrected chi connectivity index (χ1v) is 8.21. The second kappa shape index (κ2) is 7.25. The molecule has 2 aromatic heterocycles. The number of aryl methyl sites for hydroxylation is 1. The van der Waals surface area contributed by atoms with E-state index in [4.69, 9.17) is 4.42 Å². The normalized spacial score (nSPS) is 12.0. The van der Waals surface area contributed by atoms with Crippen molar-refractivity contribution in [1.29, 1.82) is 0 Å². The van der Waals surface area contributed by atoms with Gasteiger partial charge >= 0.3 is 0 Å². The lowest BCUT2D eigenvalue weighted by Gasteiger charge is -2.28. The Morgan fingerprint density at radius 1 is 1.24 bits per heavy atom. The molecule has 1 atom stereocenters. The summed E-state index contributed by atoms with van der Waals surface area (Å²) in [6.07, 6.45) is 3.52. The van der Waals surface area contributed by atoms with Gasteiger partial charge < -0.3 is 9.32 Å². The lowest BCUT2D eigenvalue weighted by atomic mass is 10.1. The Bertz CT molecular complexity index is 861. The summed E-state index contributed by atoms with van der Waals surface area (Å²) < 4.78 is 5.45. The van der Waals surface area contributed by atoms with Crippen LogP contribution in [0.15, 0.2) is 53.2 Å². The molecule has 0 unspecified atom stereocenters. The number of pyridine rings is 1. The minimum absolute atomic E-state index is 0.0445. The third kappa shape index (κ3) is 3.57. The Labute approximate surface area is 146 Å². The van der Waals surface area contributed by atoms with E-state index in [9.17, 15) is 4.79 Å². The van der Waals surface area contributed by atoms with Crippen molar-refractivity contribution in [1.82, 2.24) is 20.1 Å². The summed E-state index contributed by atoms with van der Waals surface area (Å²) in [7, 11) is 0. The Hall–Kier alpha value is -3.02. The Morgan fingerprint density at radius 2 is 2.08 bits per heavy atom. The zero-order chi connectivity index (χ0) is 17.8. The highest BCUT2D eigenvalue weighted by molar-refractivity contribution is 5.95. The van der Waals surface area contributed by atoms with Crippen molar-refractivity contribution in [2.45, 2.75) is 26.8 Å². The molecule has 1 amide bonds. The van der Waals surface area contributed by atoms with E-state index in [1.165, 1.54) is 0 Å². The van der Waals surface area contributed by atoms with Crippen LogP contribution in [0.3, 0.4) is 0 Å². The third-order valence-corrected chi connectivity index (χ3v) is 4.12. The van der Waals surface area contributed by atoms with Gasteiger partial charge in [0.05, 0.1) is 6.04 Å². The molecule has 1 aromatic carbocycles. The van der Waals surface area contributed by atoms with Crippen molar-refractivity contribution in [2.75, 3.05) is 6.54 Å². The molecule has 2 heterocycles. The van der Waals surface area contributed by atoms with Gasteiger partial charge in [-0.3, -0.25) is 9.78 Å². The van der Waals surface area contributed by atoms with Gasteiger partial charge in [0.25, 0.3) is 5.91 Å². The summed E-state index contributed by atoms with van der Waals surface area (Å²) in [5.41, 5.74) is 2.32. The molecule has 0 fully saturated rings. The predicted octanol–water partition coefficient (Wildman–Crippen LogP) is 3.66. The minimum atomic E-state index is -0.0690. The van der Waals surface area contributed by atoms with Gasteiger partial charge in [-0.15, -0.1) is 10.2 Å². The molecule has 6 heteroatoms. The molecular weight excluding hydrogens is 316 g/mol. The van der Waals surface area contributed by atoms with E-state index < -0.39 is 0 Å². The van der Waals surface area contributed by atoms with Crippen LogP contribution in [0.2, 0.25) is 0 Å². The first-order valence-electron chi connectivity index (χ1n) is 8.21. The molecule has 0 N–H and O–H groups in total. The van der Waals surface area contributed by atoms with Crippen LogP contribution in [0.5, 0.6) is 0 Å². The van der Waals surface area contributed by atoms with Crippen LogP contribution >= 0.6 is 0 Å². The van der Waals surface area contributed by atoms with E-state index in [0.29, 0.717) is 23.9 Å². The number of carbonyl (C=O) groups excluding carboxylic acids is 1. The van der Waals surface area contributed by atoms with Crippen LogP contribution in [-0.2, 0) is 0 Å². The number of hydrogen-bond donors (Lipinski definition) is 0. The Kier molecular flexibility index (Phi) is 4.88. The van der Waals surface area contributed by atoms with Crippen LogP contribution < -0.4 is 0 Å². The van der Waals surface area contributed by atoms with Crippen molar-refractivity contribution >= 4 is 5.91 Å². The summed E-state index contributed by atoms with van der Waals surface area (Å²) >= 11 is 0. The SMILES string of the molecule is CCN(C(=O)c1cccc(-c2nnc(C)o2)c1)[C@H](C)c1cccnc1. The lowest BCUT2D eigenvalue weighted by Crippen LogP contribution is -2.33. The number of rotatable bonds is 5. The van der Waals surface area contributed by atoms with Gasteiger partial charge in [0.15, 0.2) is 0 Å². The first kappa shape index (κ1) is 16.8. The monoisotopic (exact) mass is 336 g/mol. The molecule has 3 aromatic rings. The van der Waals surface area contributed by atoms with Crippen molar-refractivity contribution in [3.05, 3.63) is 65.8 Å². The highest BCUT2D eigenvalue weighted by atomic mass is 16.4. The number of carbonyl (C=O) groups is 1. The fraction of sp³-hybridized carbons (Fsp3) is 0.263.